The van der Waals surface area contributed by atoms with Crippen LogP contribution in [0.5, 0.6) is 0 Å². The molecule has 1 aromatic rings. The summed E-state index contributed by atoms with van der Waals surface area (Å²) in [6.45, 7) is 3.25. The largest absolute Gasteiger partial charge is 0.478 e. The molecule has 2 N–H and O–H groups in total. The number of hydrogen-bond acceptors (Lipinski definition) is 4. The Bertz CT molecular complexity index is 550. The predicted octanol–water partition coefficient (Wildman–Crippen LogP) is 0.841. The van der Waals surface area contributed by atoms with Gasteiger partial charge in [-0.1, -0.05) is 4.89 Å². The summed E-state index contributed by atoms with van der Waals surface area (Å²) >= 11 is 0. The molecule has 0 bridgehead atoms. The molecule has 0 saturated heterocycles. The van der Waals surface area contributed by atoms with Crippen LogP contribution in [0.3, 0.4) is 0 Å². The van der Waals surface area contributed by atoms with Crippen LogP contribution in [0.4, 0.5) is 0 Å². The van der Waals surface area contributed by atoms with Crippen molar-refractivity contribution in [3.8, 4) is 0 Å². The molecule has 0 aliphatic heterocycles. The van der Waals surface area contributed by atoms with Crippen LogP contribution < -0.4 is 4.89 Å². The number of aryl methyl sites for hydroxylation is 1. The lowest BCUT2D eigenvalue weighted by atomic mass is 10.1. The zero-order valence-corrected chi connectivity index (χ0v) is 10.5. The second-order valence-corrected chi connectivity index (χ2v) is 5.13. The van der Waals surface area contributed by atoms with Gasteiger partial charge < -0.3 is 5.11 Å². The first-order valence-electron chi connectivity index (χ1n) is 4.69. The van der Waals surface area contributed by atoms with Gasteiger partial charge in [0.05, 0.1) is 17.6 Å². The summed E-state index contributed by atoms with van der Waals surface area (Å²) in [5.74, 6) is -1.18. The molecule has 94 valence electrons. The maximum absolute atomic E-state index is 11.8. The lowest BCUT2D eigenvalue weighted by Crippen LogP contribution is -2.23. The van der Waals surface area contributed by atoms with Gasteiger partial charge in [-0.05, 0) is 37.1 Å². The molecule has 0 aliphatic carbocycles. The van der Waals surface area contributed by atoms with Gasteiger partial charge in [-0.25, -0.2) is 13.2 Å². The fourth-order valence-corrected chi connectivity index (χ4v) is 2.54. The first kappa shape index (κ1) is 13.6. The predicted molar refractivity (Wildman–Crippen MR) is 60.2 cm³/mol. The fourth-order valence-electron chi connectivity index (χ4n) is 1.38. The first-order chi connectivity index (χ1) is 7.79. The summed E-state index contributed by atoms with van der Waals surface area (Å²) in [6.07, 6.45) is 0. The number of rotatable bonds is 4. The van der Waals surface area contributed by atoms with Crippen molar-refractivity contribution >= 4 is 16.0 Å². The molecule has 6 nitrogen and oxygen atoms in total. The molecule has 17 heavy (non-hydrogen) atoms. The fraction of sp³-hybridized carbons (Fsp3) is 0.300. The van der Waals surface area contributed by atoms with Crippen molar-refractivity contribution in [3.63, 3.8) is 0 Å². The van der Waals surface area contributed by atoms with Gasteiger partial charge in [-0.2, -0.15) is 0 Å². The Morgan fingerprint density at radius 2 is 1.94 bits per heavy atom. The Morgan fingerprint density at radius 1 is 1.35 bits per heavy atom. The van der Waals surface area contributed by atoms with Crippen LogP contribution in [0.15, 0.2) is 17.0 Å². The van der Waals surface area contributed by atoms with Crippen LogP contribution in [0.25, 0.3) is 0 Å². The lowest BCUT2D eigenvalue weighted by molar-refractivity contribution is 0.0696. The van der Waals surface area contributed by atoms with E-state index in [0.29, 0.717) is 11.1 Å². The van der Waals surface area contributed by atoms with E-state index in [4.69, 9.17) is 5.11 Å². The van der Waals surface area contributed by atoms with Crippen molar-refractivity contribution in [3.05, 3.63) is 28.8 Å². The molecule has 1 aromatic carbocycles. The lowest BCUT2D eigenvalue weighted by Gasteiger charge is -2.11. The Hall–Kier alpha value is -1.44. The van der Waals surface area contributed by atoms with E-state index in [1.807, 2.05) is 4.89 Å². The van der Waals surface area contributed by atoms with Gasteiger partial charge in [-0.3, -0.25) is 4.84 Å². The van der Waals surface area contributed by atoms with E-state index in [1.54, 1.807) is 13.8 Å². The van der Waals surface area contributed by atoms with E-state index in [0.717, 1.165) is 6.07 Å². The minimum Gasteiger partial charge on any atom is -0.478 e. The highest BCUT2D eigenvalue weighted by Crippen LogP contribution is 2.21. The smallest absolute Gasteiger partial charge is 0.335 e. The van der Waals surface area contributed by atoms with Crippen molar-refractivity contribution in [2.45, 2.75) is 18.7 Å². The van der Waals surface area contributed by atoms with Gasteiger partial charge in [0, 0.05) is 0 Å². The van der Waals surface area contributed by atoms with Crippen molar-refractivity contribution in [1.82, 2.24) is 4.89 Å². The Morgan fingerprint density at radius 3 is 2.41 bits per heavy atom. The van der Waals surface area contributed by atoms with Crippen LogP contribution in [0.2, 0.25) is 0 Å². The SMILES string of the molecule is CONS(=O)(=O)c1cc(C(=O)O)cc(C)c1C. The summed E-state index contributed by atoms with van der Waals surface area (Å²) in [5.41, 5.74) is 0.991. The van der Waals surface area contributed by atoms with Crippen molar-refractivity contribution in [2.24, 2.45) is 0 Å². The average molecular weight is 259 g/mol. The second kappa shape index (κ2) is 4.82. The third-order valence-corrected chi connectivity index (χ3v) is 3.74. The Balaban J connectivity index is 3.48. The Kier molecular flexibility index (Phi) is 3.87. The third kappa shape index (κ3) is 2.82. The Labute approximate surface area is 99.2 Å². The molecule has 0 spiro atoms. The highest BCUT2D eigenvalue weighted by atomic mass is 32.2. The molecule has 0 aliphatic rings. The summed E-state index contributed by atoms with van der Waals surface area (Å²) < 4.78 is 23.5. The van der Waals surface area contributed by atoms with Gasteiger partial charge >= 0.3 is 5.97 Å². The summed E-state index contributed by atoms with van der Waals surface area (Å²) in [6, 6.07) is 2.52. The van der Waals surface area contributed by atoms with Crippen molar-refractivity contribution in [1.29, 1.82) is 0 Å². The van der Waals surface area contributed by atoms with Crippen molar-refractivity contribution < 1.29 is 23.2 Å². The second-order valence-electron chi connectivity index (χ2n) is 3.51. The molecule has 0 aromatic heterocycles. The molecule has 0 fully saturated rings. The first-order valence-corrected chi connectivity index (χ1v) is 6.17. The van der Waals surface area contributed by atoms with Gasteiger partial charge in [0.25, 0.3) is 10.0 Å². The quantitative estimate of drug-likeness (QED) is 0.782. The summed E-state index contributed by atoms with van der Waals surface area (Å²) in [5, 5.41) is 8.87. The van der Waals surface area contributed by atoms with Crippen LogP contribution in [-0.4, -0.2) is 26.6 Å². The highest BCUT2D eigenvalue weighted by Gasteiger charge is 2.20. The minimum absolute atomic E-state index is 0.0791. The van der Waals surface area contributed by atoms with E-state index >= 15 is 0 Å². The van der Waals surface area contributed by atoms with Gasteiger partial charge in [0.2, 0.25) is 0 Å². The molecule has 0 heterocycles. The highest BCUT2D eigenvalue weighted by molar-refractivity contribution is 7.89. The van der Waals surface area contributed by atoms with E-state index in [9.17, 15) is 13.2 Å². The number of benzene rings is 1. The van der Waals surface area contributed by atoms with Gasteiger partial charge in [0.1, 0.15) is 0 Å². The molecule has 0 unspecified atom stereocenters. The molecule has 0 amide bonds. The van der Waals surface area contributed by atoms with E-state index in [2.05, 4.69) is 4.84 Å². The molecule has 0 radical (unpaired) electrons. The van der Waals surface area contributed by atoms with Gasteiger partial charge in [0.15, 0.2) is 0 Å². The molecular formula is C10H13NO5S. The average Bonchev–Trinajstić information content (AvgIpc) is 2.21. The monoisotopic (exact) mass is 259 g/mol. The third-order valence-electron chi connectivity index (χ3n) is 2.35. The van der Waals surface area contributed by atoms with E-state index < -0.39 is 16.0 Å². The van der Waals surface area contributed by atoms with Crippen LogP contribution in [0.1, 0.15) is 21.5 Å². The molecule has 7 heteroatoms. The van der Waals surface area contributed by atoms with E-state index in [1.165, 1.54) is 13.2 Å². The molecular weight excluding hydrogens is 246 g/mol. The number of sulfonamides is 1. The maximum Gasteiger partial charge on any atom is 0.335 e. The zero-order valence-electron chi connectivity index (χ0n) is 9.64. The zero-order chi connectivity index (χ0) is 13.2. The maximum atomic E-state index is 11.8. The minimum atomic E-state index is -3.86. The number of nitrogens with one attached hydrogen (secondary N) is 1. The van der Waals surface area contributed by atoms with Gasteiger partial charge in [-0.15, -0.1) is 0 Å². The van der Waals surface area contributed by atoms with Crippen LogP contribution >= 0.6 is 0 Å². The van der Waals surface area contributed by atoms with E-state index in [-0.39, 0.29) is 10.5 Å². The summed E-state index contributed by atoms with van der Waals surface area (Å²) in [4.78, 5) is 17.0. The molecule has 0 atom stereocenters. The normalized spacial score (nSPS) is 11.5. The van der Waals surface area contributed by atoms with Crippen LogP contribution in [0, 0.1) is 13.8 Å². The number of carboxylic acid groups (broad SMARTS) is 1. The number of carboxylic acids is 1. The number of aromatic carboxylic acids is 1. The summed E-state index contributed by atoms with van der Waals surface area (Å²) in [7, 11) is -2.69. The number of hydrogen-bond donors (Lipinski definition) is 2. The topological polar surface area (TPSA) is 92.7 Å². The standard InChI is InChI=1S/C10H13NO5S/c1-6-4-8(10(12)13)5-9(7(6)2)17(14,15)11-16-3/h4-5,11H,1-3H3,(H,12,13). The molecule has 0 saturated carbocycles. The van der Waals surface area contributed by atoms with Crippen molar-refractivity contribution in [2.75, 3.05) is 7.11 Å². The number of carbonyl (C=O) groups is 1. The van der Waals surface area contributed by atoms with Crippen LogP contribution in [-0.2, 0) is 14.9 Å². The molecule has 1 rings (SSSR count).